The Kier molecular flexibility index (Phi) is 4.71. The number of carbonyl (C=O) groups excluding carboxylic acids is 1. The molecule has 1 amide bonds. The monoisotopic (exact) mass is 304 g/mol. The zero-order valence-corrected chi connectivity index (χ0v) is 12.9. The highest BCUT2D eigenvalue weighted by Gasteiger charge is 2.44. The van der Waals surface area contributed by atoms with Crippen LogP contribution in [0.5, 0.6) is 0 Å². The van der Waals surface area contributed by atoms with Crippen molar-refractivity contribution in [3.05, 3.63) is 0 Å². The SMILES string of the molecule is CCCS(=O)(=O)NC(C)C(=O)N1CC2CCC(O)C2C1. The van der Waals surface area contributed by atoms with E-state index in [-0.39, 0.29) is 23.7 Å². The van der Waals surface area contributed by atoms with Crippen LogP contribution < -0.4 is 4.72 Å². The van der Waals surface area contributed by atoms with Gasteiger partial charge in [0.15, 0.2) is 0 Å². The maximum absolute atomic E-state index is 12.3. The molecular formula is C13H24N2O4S. The van der Waals surface area contributed by atoms with Gasteiger partial charge in [0.25, 0.3) is 0 Å². The molecule has 1 aliphatic carbocycles. The van der Waals surface area contributed by atoms with Crippen molar-refractivity contribution in [2.75, 3.05) is 18.8 Å². The molecule has 1 saturated heterocycles. The van der Waals surface area contributed by atoms with Gasteiger partial charge in [-0.25, -0.2) is 13.1 Å². The highest BCUT2D eigenvalue weighted by Crippen LogP contribution is 2.38. The predicted octanol–water partition coefficient (Wildman–Crippen LogP) is -0.0664. The van der Waals surface area contributed by atoms with Gasteiger partial charge in [-0.15, -0.1) is 0 Å². The average Bonchev–Trinajstić information content (AvgIpc) is 2.90. The van der Waals surface area contributed by atoms with Crippen LogP contribution in [0.4, 0.5) is 0 Å². The summed E-state index contributed by atoms with van der Waals surface area (Å²) in [6, 6.07) is -0.734. The van der Waals surface area contributed by atoms with E-state index in [4.69, 9.17) is 0 Å². The highest BCUT2D eigenvalue weighted by molar-refractivity contribution is 7.89. The van der Waals surface area contributed by atoms with Gasteiger partial charge in [0.05, 0.1) is 17.9 Å². The van der Waals surface area contributed by atoms with Crippen LogP contribution >= 0.6 is 0 Å². The molecule has 1 saturated carbocycles. The molecule has 0 aromatic carbocycles. The van der Waals surface area contributed by atoms with Crippen LogP contribution in [0.25, 0.3) is 0 Å². The summed E-state index contributed by atoms with van der Waals surface area (Å²) in [6.45, 7) is 4.56. The number of amides is 1. The molecule has 0 aromatic heterocycles. The number of rotatable bonds is 5. The van der Waals surface area contributed by atoms with E-state index < -0.39 is 16.1 Å². The Hall–Kier alpha value is -0.660. The second kappa shape index (κ2) is 5.99. The van der Waals surface area contributed by atoms with Gasteiger partial charge in [-0.3, -0.25) is 4.79 Å². The Bertz CT molecular complexity index is 465. The zero-order valence-electron chi connectivity index (χ0n) is 12.1. The minimum absolute atomic E-state index is 0.0363. The molecule has 20 heavy (non-hydrogen) atoms. The third-order valence-electron chi connectivity index (χ3n) is 4.33. The lowest BCUT2D eigenvalue weighted by Gasteiger charge is -2.23. The smallest absolute Gasteiger partial charge is 0.240 e. The largest absolute Gasteiger partial charge is 0.393 e. The van der Waals surface area contributed by atoms with E-state index in [0.29, 0.717) is 25.4 Å². The molecule has 2 rings (SSSR count). The first-order valence-electron chi connectivity index (χ1n) is 7.31. The summed E-state index contributed by atoms with van der Waals surface area (Å²) in [5.74, 6) is 0.382. The van der Waals surface area contributed by atoms with Crippen molar-refractivity contribution >= 4 is 15.9 Å². The summed E-state index contributed by atoms with van der Waals surface area (Å²) in [6.07, 6.45) is 1.97. The van der Waals surface area contributed by atoms with Crippen LogP contribution in [0, 0.1) is 11.8 Å². The van der Waals surface area contributed by atoms with Crippen molar-refractivity contribution in [3.8, 4) is 0 Å². The lowest BCUT2D eigenvalue weighted by Crippen LogP contribution is -2.47. The second-order valence-corrected chi connectivity index (χ2v) is 7.84. The Morgan fingerprint density at radius 1 is 1.40 bits per heavy atom. The molecule has 0 radical (unpaired) electrons. The second-order valence-electron chi connectivity index (χ2n) is 5.97. The fourth-order valence-corrected chi connectivity index (χ4v) is 4.63. The maximum Gasteiger partial charge on any atom is 0.240 e. The lowest BCUT2D eigenvalue weighted by atomic mass is 10.00. The summed E-state index contributed by atoms with van der Waals surface area (Å²) in [5.41, 5.74) is 0. The van der Waals surface area contributed by atoms with Crippen LogP contribution in [-0.2, 0) is 14.8 Å². The van der Waals surface area contributed by atoms with Gasteiger partial charge in [-0.2, -0.15) is 0 Å². The van der Waals surface area contributed by atoms with Crippen molar-refractivity contribution in [3.63, 3.8) is 0 Å². The number of likely N-dealkylation sites (tertiary alicyclic amines) is 1. The average molecular weight is 304 g/mol. The predicted molar refractivity (Wildman–Crippen MR) is 75.5 cm³/mol. The number of nitrogens with zero attached hydrogens (tertiary/aromatic N) is 1. The van der Waals surface area contributed by atoms with Crippen molar-refractivity contribution in [1.82, 2.24) is 9.62 Å². The summed E-state index contributed by atoms with van der Waals surface area (Å²) >= 11 is 0. The Balaban J connectivity index is 1.92. The molecule has 116 valence electrons. The number of fused-ring (bicyclic) bond motifs is 1. The summed E-state index contributed by atoms with van der Waals surface area (Å²) in [4.78, 5) is 14.0. The van der Waals surface area contributed by atoms with Crippen LogP contribution in [0.15, 0.2) is 0 Å². The normalized spacial score (nSPS) is 31.4. The quantitative estimate of drug-likeness (QED) is 0.744. The van der Waals surface area contributed by atoms with Gasteiger partial charge in [-0.05, 0) is 32.1 Å². The van der Waals surface area contributed by atoms with Crippen molar-refractivity contribution in [1.29, 1.82) is 0 Å². The lowest BCUT2D eigenvalue weighted by molar-refractivity contribution is -0.132. The molecule has 0 bridgehead atoms. The molecular weight excluding hydrogens is 280 g/mol. The minimum Gasteiger partial charge on any atom is -0.393 e. The number of hydrogen-bond donors (Lipinski definition) is 2. The minimum atomic E-state index is -3.38. The number of aliphatic hydroxyl groups excluding tert-OH is 1. The molecule has 1 aliphatic heterocycles. The van der Waals surface area contributed by atoms with E-state index in [9.17, 15) is 18.3 Å². The van der Waals surface area contributed by atoms with Gasteiger partial charge in [0.1, 0.15) is 0 Å². The van der Waals surface area contributed by atoms with Crippen LogP contribution in [0.3, 0.4) is 0 Å². The number of aliphatic hydroxyl groups is 1. The fraction of sp³-hybridized carbons (Fsp3) is 0.923. The van der Waals surface area contributed by atoms with E-state index in [1.807, 2.05) is 0 Å². The molecule has 2 N–H and O–H groups in total. The van der Waals surface area contributed by atoms with E-state index >= 15 is 0 Å². The third kappa shape index (κ3) is 3.32. The van der Waals surface area contributed by atoms with Gasteiger partial charge in [-0.1, -0.05) is 6.92 Å². The summed E-state index contributed by atoms with van der Waals surface area (Å²) < 4.78 is 25.8. The van der Waals surface area contributed by atoms with Crippen LogP contribution in [0.2, 0.25) is 0 Å². The van der Waals surface area contributed by atoms with Crippen LogP contribution in [-0.4, -0.2) is 55.3 Å². The number of sulfonamides is 1. The summed E-state index contributed by atoms with van der Waals surface area (Å²) in [7, 11) is -3.38. The Labute approximate surface area is 120 Å². The number of carbonyl (C=O) groups is 1. The third-order valence-corrected chi connectivity index (χ3v) is 5.99. The van der Waals surface area contributed by atoms with E-state index in [2.05, 4.69) is 4.72 Å². The molecule has 4 unspecified atom stereocenters. The molecule has 6 nitrogen and oxygen atoms in total. The molecule has 2 aliphatic rings. The first-order chi connectivity index (χ1) is 9.34. The van der Waals surface area contributed by atoms with Crippen molar-refractivity contribution < 1.29 is 18.3 Å². The number of nitrogens with one attached hydrogen (secondary N) is 1. The summed E-state index contributed by atoms with van der Waals surface area (Å²) in [5, 5.41) is 9.84. The Morgan fingerprint density at radius 3 is 2.70 bits per heavy atom. The highest BCUT2D eigenvalue weighted by atomic mass is 32.2. The van der Waals surface area contributed by atoms with Gasteiger partial charge in [0.2, 0.25) is 15.9 Å². The van der Waals surface area contributed by atoms with Crippen molar-refractivity contribution in [2.45, 2.75) is 45.3 Å². The molecule has 4 atom stereocenters. The topological polar surface area (TPSA) is 86.7 Å². The van der Waals surface area contributed by atoms with E-state index in [0.717, 1.165) is 12.8 Å². The molecule has 7 heteroatoms. The van der Waals surface area contributed by atoms with Gasteiger partial charge in [0, 0.05) is 19.0 Å². The maximum atomic E-state index is 12.3. The molecule has 0 spiro atoms. The first-order valence-corrected chi connectivity index (χ1v) is 8.96. The fourth-order valence-electron chi connectivity index (χ4n) is 3.34. The zero-order chi connectivity index (χ0) is 14.9. The standard InChI is InChI=1S/C13H24N2O4S/c1-3-6-20(18,19)14-9(2)13(17)15-7-10-4-5-12(16)11(10)8-15/h9-12,14,16H,3-8H2,1-2H3. The number of hydrogen-bond acceptors (Lipinski definition) is 4. The molecule has 2 fully saturated rings. The molecule has 1 heterocycles. The van der Waals surface area contributed by atoms with E-state index in [1.165, 1.54) is 0 Å². The van der Waals surface area contributed by atoms with E-state index in [1.54, 1.807) is 18.7 Å². The first kappa shape index (κ1) is 15.7. The van der Waals surface area contributed by atoms with Gasteiger partial charge < -0.3 is 10.0 Å². The van der Waals surface area contributed by atoms with Crippen LogP contribution in [0.1, 0.15) is 33.1 Å². The molecule has 0 aromatic rings. The van der Waals surface area contributed by atoms with Crippen molar-refractivity contribution in [2.24, 2.45) is 11.8 Å². The Morgan fingerprint density at radius 2 is 2.10 bits per heavy atom. The van der Waals surface area contributed by atoms with Gasteiger partial charge >= 0.3 is 0 Å².